The highest BCUT2D eigenvalue weighted by atomic mass is 32.1. The van der Waals surface area contributed by atoms with Crippen molar-refractivity contribution in [3.8, 4) is 6.07 Å². The summed E-state index contributed by atoms with van der Waals surface area (Å²) in [7, 11) is 0. The van der Waals surface area contributed by atoms with Gasteiger partial charge < -0.3 is 5.32 Å². The topological polar surface area (TPSA) is 52.9 Å². The molecule has 2 heterocycles. The summed E-state index contributed by atoms with van der Waals surface area (Å²) < 4.78 is 0. The number of nitrogens with one attached hydrogen (secondary N) is 1. The van der Waals surface area contributed by atoms with Crippen molar-refractivity contribution >= 4 is 17.2 Å². The molecule has 0 spiro atoms. The van der Waals surface area contributed by atoms with E-state index in [0.717, 1.165) is 12.0 Å². The second-order valence-corrected chi connectivity index (χ2v) is 3.63. The fraction of sp³-hybridized carbons (Fsp3) is 0.250. The molecule has 0 bridgehead atoms. The van der Waals surface area contributed by atoms with Gasteiger partial charge in [-0.2, -0.15) is 5.26 Å². The van der Waals surface area contributed by atoms with Gasteiger partial charge in [0, 0.05) is 6.54 Å². The molecular formula is C8H6N2OS. The molecule has 0 saturated heterocycles. The van der Waals surface area contributed by atoms with Gasteiger partial charge in [-0.25, -0.2) is 0 Å². The Morgan fingerprint density at radius 1 is 1.67 bits per heavy atom. The molecule has 12 heavy (non-hydrogen) atoms. The van der Waals surface area contributed by atoms with E-state index in [4.69, 9.17) is 5.26 Å². The Balaban J connectivity index is 2.52. The Morgan fingerprint density at radius 3 is 3.17 bits per heavy atom. The molecule has 0 atom stereocenters. The van der Waals surface area contributed by atoms with Gasteiger partial charge in [-0.1, -0.05) is 0 Å². The molecule has 1 aliphatic rings. The van der Waals surface area contributed by atoms with E-state index in [0.29, 0.717) is 16.3 Å². The molecule has 0 fully saturated rings. The van der Waals surface area contributed by atoms with Gasteiger partial charge in [0.25, 0.3) is 5.91 Å². The predicted molar refractivity (Wildman–Crippen MR) is 45.1 cm³/mol. The van der Waals surface area contributed by atoms with Crippen molar-refractivity contribution < 1.29 is 4.79 Å². The molecule has 60 valence electrons. The van der Waals surface area contributed by atoms with Crippen molar-refractivity contribution in [2.75, 3.05) is 6.54 Å². The lowest BCUT2D eigenvalue weighted by molar-refractivity contribution is 0.0950. The van der Waals surface area contributed by atoms with Crippen molar-refractivity contribution in [1.82, 2.24) is 5.32 Å². The second-order valence-electron chi connectivity index (χ2n) is 2.58. The van der Waals surface area contributed by atoms with Crippen molar-refractivity contribution in [2.45, 2.75) is 6.42 Å². The average Bonchev–Trinajstić information content (AvgIpc) is 2.49. The molecule has 1 aromatic heterocycles. The van der Waals surface area contributed by atoms with Gasteiger partial charge in [-0.15, -0.1) is 11.3 Å². The first-order valence-corrected chi connectivity index (χ1v) is 4.44. The fourth-order valence-electron chi connectivity index (χ4n) is 1.25. The van der Waals surface area contributed by atoms with E-state index in [9.17, 15) is 4.79 Å². The summed E-state index contributed by atoms with van der Waals surface area (Å²) in [6.45, 7) is 0.688. The maximum atomic E-state index is 11.2. The number of carbonyl (C=O) groups is 1. The van der Waals surface area contributed by atoms with Crippen LogP contribution in [0.25, 0.3) is 0 Å². The van der Waals surface area contributed by atoms with Crippen LogP contribution in [0.3, 0.4) is 0 Å². The Bertz CT molecular complexity index is 375. The fourth-order valence-corrected chi connectivity index (χ4v) is 2.18. The number of rotatable bonds is 0. The summed E-state index contributed by atoms with van der Waals surface area (Å²) in [4.78, 5) is 12.5. The molecule has 3 nitrogen and oxygen atoms in total. The highest BCUT2D eigenvalue weighted by Crippen LogP contribution is 2.24. The van der Waals surface area contributed by atoms with Crippen LogP contribution in [0.4, 0.5) is 0 Å². The molecule has 1 N–H and O–H groups in total. The van der Waals surface area contributed by atoms with Gasteiger partial charge in [0.05, 0.1) is 4.88 Å². The van der Waals surface area contributed by atoms with Crippen LogP contribution in [0.2, 0.25) is 0 Å². The standard InChI is InChI=1S/C8H6N2OS/c9-4-6-3-5-1-2-10-8(11)7(5)12-6/h3H,1-2H2,(H,10,11). The molecule has 0 saturated carbocycles. The molecular weight excluding hydrogens is 172 g/mol. The highest BCUT2D eigenvalue weighted by Gasteiger charge is 2.19. The van der Waals surface area contributed by atoms with Crippen LogP contribution in [0.15, 0.2) is 6.07 Å². The lowest BCUT2D eigenvalue weighted by Crippen LogP contribution is -2.30. The molecule has 1 aliphatic heterocycles. The molecule has 1 amide bonds. The second kappa shape index (κ2) is 2.61. The molecule has 0 aliphatic carbocycles. The van der Waals surface area contributed by atoms with Crippen molar-refractivity contribution in [1.29, 1.82) is 5.26 Å². The zero-order valence-electron chi connectivity index (χ0n) is 6.26. The summed E-state index contributed by atoms with van der Waals surface area (Å²) in [5.74, 6) is -0.0391. The highest BCUT2D eigenvalue weighted by molar-refractivity contribution is 7.14. The normalized spacial score (nSPS) is 14.8. The average molecular weight is 178 g/mol. The van der Waals surface area contributed by atoms with E-state index >= 15 is 0 Å². The molecule has 0 aromatic carbocycles. The van der Waals surface area contributed by atoms with Crippen molar-refractivity contribution in [2.24, 2.45) is 0 Å². The smallest absolute Gasteiger partial charge is 0.261 e. The van der Waals surface area contributed by atoms with Crippen LogP contribution < -0.4 is 5.32 Å². The lowest BCUT2D eigenvalue weighted by Gasteiger charge is -2.10. The van der Waals surface area contributed by atoms with E-state index in [1.165, 1.54) is 11.3 Å². The molecule has 1 aromatic rings. The Morgan fingerprint density at radius 2 is 2.50 bits per heavy atom. The zero-order chi connectivity index (χ0) is 8.55. The van der Waals surface area contributed by atoms with Crippen LogP contribution in [0, 0.1) is 11.3 Å². The van der Waals surface area contributed by atoms with Crippen LogP contribution in [0.5, 0.6) is 0 Å². The summed E-state index contributed by atoms with van der Waals surface area (Å²) >= 11 is 1.27. The predicted octanol–water partition coefficient (Wildman–Crippen LogP) is 0.906. The number of carbonyl (C=O) groups excluding carboxylic acids is 1. The minimum absolute atomic E-state index is 0.0391. The van der Waals surface area contributed by atoms with E-state index in [2.05, 4.69) is 5.32 Å². The molecule has 0 unspecified atom stereocenters. The van der Waals surface area contributed by atoms with Gasteiger partial charge in [0.1, 0.15) is 10.9 Å². The Labute approximate surface area is 73.6 Å². The number of nitrogens with zero attached hydrogens (tertiary/aromatic N) is 1. The third kappa shape index (κ3) is 0.990. The maximum Gasteiger partial charge on any atom is 0.261 e. The summed E-state index contributed by atoms with van der Waals surface area (Å²) in [6, 6.07) is 3.85. The summed E-state index contributed by atoms with van der Waals surface area (Å²) in [5, 5.41) is 11.3. The van der Waals surface area contributed by atoms with Gasteiger partial charge in [0.15, 0.2) is 0 Å². The Hall–Kier alpha value is -1.34. The van der Waals surface area contributed by atoms with E-state index in [-0.39, 0.29) is 5.91 Å². The van der Waals surface area contributed by atoms with Crippen LogP contribution >= 0.6 is 11.3 Å². The van der Waals surface area contributed by atoms with Gasteiger partial charge in [-0.3, -0.25) is 4.79 Å². The van der Waals surface area contributed by atoms with E-state index in [1.807, 2.05) is 6.07 Å². The zero-order valence-corrected chi connectivity index (χ0v) is 7.07. The van der Waals surface area contributed by atoms with Crippen LogP contribution in [-0.2, 0) is 6.42 Å². The van der Waals surface area contributed by atoms with Crippen LogP contribution in [0.1, 0.15) is 20.1 Å². The number of hydrogen-bond donors (Lipinski definition) is 1. The molecule has 2 rings (SSSR count). The first-order valence-electron chi connectivity index (χ1n) is 3.62. The molecule has 4 heteroatoms. The third-order valence-electron chi connectivity index (χ3n) is 1.81. The maximum absolute atomic E-state index is 11.2. The summed E-state index contributed by atoms with van der Waals surface area (Å²) in [6.07, 6.45) is 0.846. The quantitative estimate of drug-likeness (QED) is 0.641. The number of amides is 1. The largest absolute Gasteiger partial charge is 0.351 e. The van der Waals surface area contributed by atoms with E-state index < -0.39 is 0 Å². The Kier molecular flexibility index (Phi) is 1.59. The molecule has 0 radical (unpaired) electrons. The third-order valence-corrected chi connectivity index (χ3v) is 2.89. The van der Waals surface area contributed by atoms with Gasteiger partial charge in [0.2, 0.25) is 0 Å². The first kappa shape index (κ1) is 7.32. The minimum Gasteiger partial charge on any atom is -0.351 e. The monoisotopic (exact) mass is 178 g/mol. The van der Waals surface area contributed by atoms with E-state index in [1.54, 1.807) is 6.07 Å². The van der Waals surface area contributed by atoms with Crippen LogP contribution in [-0.4, -0.2) is 12.5 Å². The first-order chi connectivity index (χ1) is 5.81. The van der Waals surface area contributed by atoms with Crippen molar-refractivity contribution in [3.63, 3.8) is 0 Å². The summed E-state index contributed by atoms with van der Waals surface area (Å²) in [5.41, 5.74) is 1.01. The van der Waals surface area contributed by atoms with Gasteiger partial charge in [-0.05, 0) is 18.1 Å². The number of fused-ring (bicyclic) bond motifs is 1. The number of nitriles is 1. The van der Waals surface area contributed by atoms with Gasteiger partial charge >= 0.3 is 0 Å². The SMILES string of the molecule is N#Cc1cc2c(s1)C(=O)NCC2. The number of thiophene rings is 1. The minimum atomic E-state index is -0.0391. The lowest BCUT2D eigenvalue weighted by atomic mass is 10.1. The number of hydrogen-bond acceptors (Lipinski definition) is 3. The van der Waals surface area contributed by atoms with Crippen molar-refractivity contribution in [3.05, 3.63) is 21.4 Å².